The molecule has 0 saturated carbocycles. The van der Waals surface area contributed by atoms with Gasteiger partial charge in [0.25, 0.3) is 0 Å². The van der Waals surface area contributed by atoms with Gasteiger partial charge in [-0.05, 0) is 24.1 Å². The molecule has 0 unspecified atom stereocenters. The van der Waals surface area contributed by atoms with Gasteiger partial charge >= 0.3 is 0 Å². The first-order valence-electron chi connectivity index (χ1n) is 5.34. The van der Waals surface area contributed by atoms with Crippen LogP contribution >= 0.6 is 0 Å². The lowest BCUT2D eigenvalue weighted by Crippen LogP contribution is -2.22. The molecule has 0 heterocycles. The summed E-state index contributed by atoms with van der Waals surface area (Å²) in [7, 11) is 0. The minimum Gasteiger partial charge on any atom is -0.492 e. The molecule has 0 aromatic heterocycles. The third-order valence-corrected chi connectivity index (χ3v) is 2.34. The van der Waals surface area contributed by atoms with Crippen LogP contribution in [0.2, 0.25) is 0 Å². The van der Waals surface area contributed by atoms with Crippen LogP contribution in [0.25, 0.3) is 0 Å². The maximum atomic E-state index is 10.9. The van der Waals surface area contributed by atoms with E-state index in [1.165, 1.54) is 0 Å². The fourth-order valence-corrected chi connectivity index (χ4v) is 1.35. The van der Waals surface area contributed by atoms with Crippen LogP contribution < -0.4 is 16.2 Å². The lowest BCUT2D eigenvalue weighted by Gasteiger charge is -2.08. The van der Waals surface area contributed by atoms with E-state index in [2.05, 4.69) is 0 Å². The highest BCUT2D eigenvalue weighted by molar-refractivity contribution is 5.76. The highest BCUT2D eigenvalue weighted by Gasteiger charge is 2.09. The summed E-state index contributed by atoms with van der Waals surface area (Å²) in [6, 6.07) is 7.62. The van der Waals surface area contributed by atoms with E-state index in [0.717, 1.165) is 11.3 Å². The highest BCUT2D eigenvalue weighted by atomic mass is 16.5. The van der Waals surface area contributed by atoms with Crippen molar-refractivity contribution < 1.29 is 9.53 Å². The molecule has 1 rings (SSSR count). The zero-order valence-corrected chi connectivity index (χ0v) is 9.48. The minimum atomic E-state index is -0.275. The standard InChI is InChI=1S/C12H18N2O2/c1-9(12(14)15)8-10-2-4-11(5-3-10)16-7-6-13/h2-5,9H,6-8,13H2,1H3,(H2,14,15)/t9-/m0/s1. The summed E-state index contributed by atoms with van der Waals surface area (Å²) < 4.78 is 5.35. The van der Waals surface area contributed by atoms with Crippen LogP contribution in [0.15, 0.2) is 24.3 Å². The predicted molar refractivity (Wildman–Crippen MR) is 63.1 cm³/mol. The first kappa shape index (κ1) is 12.5. The predicted octanol–water partition coefficient (Wildman–Crippen LogP) is 0.688. The van der Waals surface area contributed by atoms with Crippen LogP contribution in [0.1, 0.15) is 12.5 Å². The van der Waals surface area contributed by atoms with Crippen LogP contribution in [0.5, 0.6) is 5.75 Å². The lowest BCUT2D eigenvalue weighted by atomic mass is 10.0. The van der Waals surface area contributed by atoms with Crippen LogP contribution in [-0.2, 0) is 11.2 Å². The topological polar surface area (TPSA) is 78.3 Å². The average Bonchev–Trinajstić information content (AvgIpc) is 2.28. The molecule has 4 nitrogen and oxygen atoms in total. The van der Waals surface area contributed by atoms with Crippen molar-refractivity contribution in [3.05, 3.63) is 29.8 Å². The van der Waals surface area contributed by atoms with Gasteiger partial charge in [0.05, 0.1) is 0 Å². The molecule has 0 aliphatic rings. The van der Waals surface area contributed by atoms with E-state index in [0.29, 0.717) is 19.6 Å². The summed E-state index contributed by atoms with van der Waals surface area (Å²) in [6.45, 7) is 2.83. The largest absolute Gasteiger partial charge is 0.492 e. The number of nitrogens with two attached hydrogens (primary N) is 2. The molecule has 1 amide bonds. The second-order valence-electron chi connectivity index (χ2n) is 3.79. The minimum absolute atomic E-state index is 0.143. The van der Waals surface area contributed by atoms with Crippen molar-refractivity contribution in [1.29, 1.82) is 0 Å². The molecule has 0 radical (unpaired) electrons. The Balaban J connectivity index is 2.54. The van der Waals surface area contributed by atoms with E-state index in [-0.39, 0.29) is 11.8 Å². The van der Waals surface area contributed by atoms with Gasteiger partial charge in [0.1, 0.15) is 12.4 Å². The number of hydrogen-bond donors (Lipinski definition) is 2. The Kier molecular flexibility index (Phi) is 4.79. The van der Waals surface area contributed by atoms with Gasteiger partial charge in [0, 0.05) is 12.5 Å². The third-order valence-electron chi connectivity index (χ3n) is 2.34. The number of amides is 1. The first-order chi connectivity index (χ1) is 7.63. The molecule has 0 aliphatic carbocycles. The second kappa shape index (κ2) is 6.12. The van der Waals surface area contributed by atoms with E-state index in [1.54, 1.807) is 0 Å². The average molecular weight is 222 g/mol. The molecular formula is C12H18N2O2. The van der Waals surface area contributed by atoms with E-state index < -0.39 is 0 Å². The van der Waals surface area contributed by atoms with Crippen molar-refractivity contribution in [3.63, 3.8) is 0 Å². The van der Waals surface area contributed by atoms with Gasteiger partial charge in [0.2, 0.25) is 5.91 Å². The summed E-state index contributed by atoms with van der Waals surface area (Å²) in [5.41, 5.74) is 11.6. The number of ether oxygens (including phenoxy) is 1. The molecule has 0 spiro atoms. The Labute approximate surface area is 95.6 Å². The molecule has 0 aliphatic heterocycles. The smallest absolute Gasteiger partial charge is 0.220 e. The van der Waals surface area contributed by atoms with Gasteiger partial charge in [0.15, 0.2) is 0 Å². The van der Waals surface area contributed by atoms with E-state index >= 15 is 0 Å². The number of carbonyl (C=O) groups is 1. The fourth-order valence-electron chi connectivity index (χ4n) is 1.35. The van der Waals surface area contributed by atoms with Gasteiger partial charge in [-0.15, -0.1) is 0 Å². The second-order valence-corrected chi connectivity index (χ2v) is 3.79. The van der Waals surface area contributed by atoms with Crippen molar-refractivity contribution in [2.45, 2.75) is 13.3 Å². The molecule has 0 bridgehead atoms. The quantitative estimate of drug-likeness (QED) is 0.743. The normalized spacial score (nSPS) is 12.1. The van der Waals surface area contributed by atoms with E-state index in [4.69, 9.17) is 16.2 Å². The Hall–Kier alpha value is -1.55. The SMILES string of the molecule is C[C@@H](Cc1ccc(OCCN)cc1)C(N)=O. The molecule has 0 fully saturated rings. The number of carbonyl (C=O) groups excluding carboxylic acids is 1. The number of benzene rings is 1. The van der Waals surface area contributed by atoms with Gasteiger partial charge in [-0.3, -0.25) is 4.79 Å². The van der Waals surface area contributed by atoms with E-state index in [9.17, 15) is 4.79 Å². The van der Waals surface area contributed by atoms with Gasteiger partial charge in [-0.25, -0.2) is 0 Å². The fraction of sp³-hybridized carbons (Fsp3) is 0.417. The van der Waals surface area contributed by atoms with Crippen molar-refractivity contribution in [2.75, 3.05) is 13.2 Å². The lowest BCUT2D eigenvalue weighted by molar-refractivity contribution is -0.121. The summed E-state index contributed by atoms with van der Waals surface area (Å²) >= 11 is 0. The van der Waals surface area contributed by atoms with Crippen LogP contribution in [0, 0.1) is 5.92 Å². The van der Waals surface area contributed by atoms with Crippen molar-refractivity contribution in [1.82, 2.24) is 0 Å². The Morgan fingerprint density at radius 1 is 1.38 bits per heavy atom. The van der Waals surface area contributed by atoms with Gasteiger partial charge < -0.3 is 16.2 Å². The van der Waals surface area contributed by atoms with Crippen LogP contribution in [-0.4, -0.2) is 19.1 Å². The Bertz CT molecular complexity index is 335. The monoisotopic (exact) mass is 222 g/mol. The Morgan fingerprint density at radius 2 is 2.00 bits per heavy atom. The first-order valence-corrected chi connectivity index (χ1v) is 5.34. The zero-order chi connectivity index (χ0) is 12.0. The molecule has 88 valence electrons. The maximum absolute atomic E-state index is 10.9. The van der Waals surface area contributed by atoms with E-state index in [1.807, 2.05) is 31.2 Å². The third kappa shape index (κ3) is 3.90. The molecule has 1 atom stereocenters. The molecule has 0 saturated heterocycles. The van der Waals surface area contributed by atoms with Crippen LogP contribution in [0.3, 0.4) is 0 Å². The number of hydrogen-bond acceptors (Lipinski definition) is 3. The summed E-state index contributed by atoms with van der Waals surface area (Å²) in [6.07, 6.45) is 0.659. The molecule has 4 N–H and O–H groups in total. The summed E-state index contributed by atoms with van der Waals surface area (Å²) in [5.74, 6) is 0.375. The molecule has 1 aromatic rings. The molecule has 16 heavy (non-hydrogen) atoms. The van der Waals surface area contributed by atoms with Crippen LogP contribution in [0.4, 0.5) is 0 Å². The molecular weight excluding hydrogens is 204 g/mol. The summed E-state index contributed by atoms with van der Waals surface area (Å²) in [4.78, 5) is 10.9. The number of primary amides is 1. The van der Waals surface area contributed by atoms with Gasteiger partial charge in [-0.1, -0.05) is 19.1 Å². The maximum Gasteiger partial charge on any atom is 0.220 e. The van der Waals surface area contributed by atoms with Crippen molar-refractivity contribution in [3.8, 4) is 5.75 Å². The van der Waals surface area contributed by atoms with Crippen molar-refractivity contribution >= 4 is 5.91 Å². The zero-order valence-electron chi connectivity index (χ0n) is 9.48. The molecule has 4 heteroatoms. The molecule has 1 aromatic carbocycles. The van der Waals surface area contributed by atoms with Crippen molar-refractivity contribution in [2.24, 2.45) is 17.4 Å². The summed E-state index contributed by atoms with van der Waals surface area (Å²) in [5, 5.41) is 0. The van der Waals surface area contributed by atoms with Gasteiger partial charge in [-0.2, -0.15) is 0 Å². The number of rotatable bonds is 6. The Morgan fingerprint density at radius 3 is 2.50 bits per heavy atom. The highest BCUT2D eigenvalue weighted by Crippen LogP contribution is 2.14.